The van der Waals surface area contributed by atoms with Crippen LogP contribution in [0.1, 0.15) is 44.2 Å². The predicted molar refractivity (Wildman–Crippen MR) is 83.6 cm³/mol. The molecule has 4 nitrogen and oxygen atoms in total. The van der Waals surface area contributed by atoms with E-state index in [0.29, 0.717) is 11.4 Å². The van der Waals surface area contributed by atoms with E-state index in [-0.39, 0.29) is 22.1 Å². The summed E-state index contributed by atoms with van der Waals surface area (Å²) in [6.07, 6.45) is 4.46. The normalized spacial score (nSPS) is 19.8. The zero-order valence-electron chi connectivity index (χ0n) is 13.5. The number of fused-ring (bicyclic) bond motifs is 1. The molecule has 0 unspecified atom stereocenters. The molecular formula is C18H18FN3O. The molecule has 1 saturated carbocycles. The fraction of sp³-hybridized carbons (Fsp3) is 0.444. The van der Waals surface area contributed by atoms with E-state index in [9.17, 15) is 9.65 Å². The standard InChI is InChI=1S/C18H18FN3O/c1-17(2)10-18(5-6-18)23-16-11(9-20)15(13(19)8-12(16)17)14-4-7-21-22(14)3/h4,7-8H,5-6,10H2,1-3H3. The minimum Gasteiger partial charge on any atom is -0.486 e. The summed E-state index contributed by atoms with van der Waals surface area (Å²) in [6.45, 7) is 4.19. The Bertz CT molecular complexity index is 856. The van der Waals surface area contributed by atoms with Crippen LogP contribution in [-0.2, 0) is 12.5 Å². The van der Waals surface area contributed by atoms with E-state index < -0.39 is 5.82 Å². The van der Waals surface area contributed by atoms with Gasteiger partial charge in [0, 0.05) is 18.8 Å². The molecule has 5 heteroatoms. The van der Waals surface area contributed by atoms with E-state index in [1.807, 2.05) is 0 Å². The average Bonchev–Trinajstić information content (AvgIpc) is 3.07. The molecule has 1 aromatic heterocycles. The Morgan fingerprint density at radius 1 is 1.39 bits per heavy atom. The molecule has 23 heavy (non-hydrogen) atoms. The second-order valence-corrected chi connectivity index (χ2v) is 7.28. The Kier molecular flexibility index (Phi) is 2.69. The third-order valence-corrected chi connectivity index (χ3v) is 5.04. The van der Waals surface area contributed by atoms with Crippen molar-refractivity contribution in [1.29, 1.82) is 5.26 Å². The summed E-state index contributed by atoms with van der Waals surface area (Å²) < 4.78 is 22.7. The highest BCUT2D eigenvalue weighted by molar-refractivity contribution is 5.74. The number of aryl methyl sites for hydroxylation is 1. The molecule has 0 atom stereocenters. The van der Waals surface area contributed by atoms with Crippen LogP contribution in [0.2, 0.25) is 0 Å². The molecule has 0 radical (unpaired) electrons. The van der Waals surface area contributed by atoms with Gasteiger partial charge in [-0.25, -0.2) is 4.39 Å². The third kappa shape index (κ3) is 1.98. The first-order valence-electron chi connectivity index (χ1n) is 7.81. The second-order valence-electron chi connectivity index (χ2n) is 7.28. The van der Waals surface area contributed by atoms with E-state index in [1.165, 1.54) is 6.07 Å². The zero-order chi connectivity index (χ0) is 16.4. The number of benzene rings is 1. The highest BCUT2D eigenvalue weighted by atomic mass is 19.1. The fourth-order valence-corrected chi connectivity index (χ4v) is 3.79. The van der Waals surface area contributed by atoms with Crippen molar-refractivity contribution in [2.45, 2.75) is 44.1 Å². The largest absolute Gasteiger partial charge is 0.486 e. The lowest BCUT2D eigenvalue weighted by molar-refractivity contribution is 0.112. The monoisotopic (exact) mass is 311 g/mol. The molecule has 0 saturated heterocycles. The van der Waals surface area contributed by atoms with Gasteiger partial charge in [-0.15, -0.1) is 0 Å². The predicted octanol–water partition coefficient (Wildman–Crippen LogP) is 3.69. The van der Waals surface area contributed by atoms with Crippen molar-refractivity contribution in [2.75, 3.05) is 0 Å². The summed E-state index contributed by atoms with van der Waals surface area (Å²) in [5.74, 6) is 0.158. The maximum atomic E-state index is 14.9. The molecular weight excluding hydrogens is 293 g/mol. The SMILES string of the molecule is Cn1nccc1-c1c(F)cc2c(c1C#N)OC1(CC1)CC2(C)C. The van der Waals surface area contributed by atoms with Crippen molar-refractivity contribution in [3.8, 4) is 23.1 Å². The van der Waals surface area contributed by atoms with Gasteiger partial charge in [-0.3, -0.25) is 4.68 Å². The zero-order valence-corrected chi connectivity index (χ0v) is 13.5. The van der Waals surface area contributed by atoms with Crippen LogP contribution in [0.4, 0.5) is 4.39 Å². The molecule has 0 amide bonds. The minimum absolute atomic E-state index is 0.163. The maximum Gasteiger partial charge on any atom is 0.142 e. The number of aromatic nitrogens is 2. The summed E-state index contributed by atoms with van der Waals surface area (Å²) in [5.41, 5.74) is 1.56. The van der Waals surface area contributed by atoms with Crippen LogP contribution in [0.15, 0.2) is 18.3 Å². The molecule has 118 valence electrons. The van der Waals surface area contributed by atoms with E-state index in [0.717, 1.165) is 24.8 Å². The molecule has 1 spiro atoms. The number of hydrogen-bond acceptors (Lipinski definition) is 3. The summed E-state index contributed by atoms with van der Waals surface area (Å²) in [7, 11) is 1.74. The number of rotatable bonds is 1. The Morgan fingerprint density at radius 3 is 2.70 bits per heavy atom. The number of nitriles is 1. The van der Waals surface area contributed by atoms with E-state index in [4.69, 9.17) is 4.74 Å². The van der Waals surface area contributed by atoms with E-state index in [2.05, 4.69) is 25.0 Å². The molecule has 2 aromatic rings. The van der Waals surface area contributed by atoms with Gasteiger partial charge in [0.25, 0.3) is 0 Å². The highest BCUT2D eigenvalue weighted by Crippen LogP contribution is 2.56. The van der Waals surface area contributed by atoms with Gasteiger partial charge < -0.3 is 4.74 Å². The molecule has 0 N–H and O–H groups in total. The Balaban J connectivity index is 2.02. The topological polar surface area (TPSA) is 50.8 Å². The van der Waals surface area contributed by atoms with Gasteiger partial charge in [0.2, 0.25) is 0 Å². The molecule has 1 aromatic carbocycles. The van der Waals surface area contributed by atoms with Crippen LogP contribution >= 0.6 is 0 Å². The van der Waals surface area contributed by atoms with Crippen LogP contribution < -0.4 is 4.74 Å². The van der Waals surface area contributed by atoms with Gasteiger partial charge in [-0.2, -0.15) is 10.4 Å². The van der Waals surface area contributed by atoms with Crippen LogP contribution in [0.5, 0.6) is 5.75 Å². The molecule has 1 fully saturated rings. The van der Waals surface area contributed by atoms with Gasteiger partial charge >= 0.3 is 0 Å². The highest BCUT2D eigenvalue weighted by Gasteiger charge is 2.54. The number of halogens is 1. The van der Waals surface area contributed by atoms with Crippen LogP contribution in [0.25, 0.3) is 11.3 Å². The Morgan fingerprint density at radius 2 is 2.13 bits per heavy atom. The molecule has 2 heterocycles. The number of ether oxygens (including phenoxy) is 1. The molecule has 1 aliphatic carbocycles. The summed E-state index contributed by atoms with van der Waals surface area (Å²) in [4.78, 5) is 0. The minimum atomic E-state index is -0.396. The van der Waals surface area contributed by atoms with Crippen LogP contribution in [0.3, 0.4) is 0 Å². The van der Waals surface area contributed by atoms with Crippen molar-refractivity contribution in [1.82, 2.24) is 9.78 Å². The molecule has 0 bridgehead atoms. The lowest BCUT2D eigenvalue weighted by Gasteiger charge is -2.39. The third-order valence-electron chi connectivity index (χ3n) is 5.04. The quantitative estimate of drug-likeness (QED) is 0.807. The van der Waals surface area contributed by atoms with E-state index >= 15 is 0 Å². The first kappa shape index (κ1) is 14.3. The number of hydrogen-bond donors (Lipinski definition) is 0. The lowest BCUT2D eigenvalue weighted by Crippen LogP contribution is -2.36. The fourth-order valence-electron chi connectivity index (χ4n) is 3.79. The van der Waals surface area contributed by atoms with Gasteiger partial charge in [0.1, 0.15) is 28.8 Å². The van der Waals surface area contributed by atoms with Crippen molar-refractivity contribution in [3.63, 3.8) is 0 Å². The smallest absolute Gasteiger partial charge is 0.142 e. The summed E-state index contributed by atoms with van der Waals surface area (Å²) in [6, 6.07) is 5.43. The van der Waals surface area contributed by atoms with Crippen molar-refractivity contribution >= 4 is 0 Å². The Labute approximate surface area is 134 Å². The van der Waals surface area contributed by atoms with Crippen LogP contribution in [0, 0.1) is 17.1 Å². The first-order valence-corrected chi connectivity index (χ1v) is 7.81. The first-order chi connectivity index (χ1) is 10.9. The maximum absolute atomic E-state index is 14.9. The van der Waals surface area contributed by atoms with Crippen molar-refractivity contribution < 1.29 is 9.13 Å². The molecule has 1 aliphatic heterocycles. The van der Waals surface area contributed by atoms with Gasteiger partial charge in [-0.1, -0.05) is 13.8 Å². The average molecular weight is 311 g/mol. The number of nitrogens with zero attached hydrogens (tertiary/aromatic N) is 3. The van der Waals surface area contributed by atoms with Crippen molar-refractivity contribution in [2.24, 2.45) is 7.05 Å². The Hall–Kier alpha value is -2.35. The second kappa shape index (κ2) is 4.35. The van der Waals surface area contributed by atoms with Crippen LogP contribution in [-0.4, -0.2) is 15.4 Å². The van der Waals surface area contributed by atoms with Gasteiger partial charge in [0.05, 0.1) is 11.3 Å². The van der Waals surface area contributed by atoms with E-state index in [1.54, 1.807) is 24.0 Å². The summed E-state index contributed by atoms with van der Waals surface area (Å²) in [5, 5.41) is 13.8. The van der Waals surface area contributed by atoms with Crippen molar-refractivity contribution in [3.05, 3.63) is 35.3 Å². The lowest BCUT2D eigenvalue weighted by atomic mass is 9.75. The van der Waals surface area contributed by atoms with Gasteiger partial charge in [-0.05, 0) is 36.8 Å². The van der Waals surface area contributed by atoms with Gasteiger partial charge in [0.15, 0.2) is 0 Å². The summed E-state index contributed by atoms with van der Waals surface area (Å²) >= 11 is 0. The molecule has 2 aliphatic rings. The molecule has 4 rings (SSSR count).